The molecule has 27 heavy (non-hydrogen) atoms. The van der Waals surface area contributed by atoms with Crippen LogP contribution in [0.5, 0.6) is 5.75 Å². The Hall–Kier alpha value is -3.21. The lowest BCUT2D eigenvalue weighted by Gasteiger charge is -2.15. The van der Waals surface area contributed by atoms with E-state index in [0.29, 0.717) is 10.7 Å². The zero-order valence-electron chi connectivity index (χ0n) is 15.1. The van der Waals surface area contributed by atoms with Gasteiger partial charge < -0.3 is 20.1 Å². The van der Waals surface area contributed by atoms with Gasteiger partial charge in [-0.3, -0.25) is 14.9 Å². The van der Waals surface area contributed by atoms with E-state index in [1.165, 1.54) is 26.2 Å². The topological polar surface area (TPSA) is 133 Å². The summed E-state index contributed by atoms with van der Waals surface area (Å²) in [5.74, 6) is -1.11. The molecular formula is C16H18N4O6S. The lowest BCUT2D eigenvalue weighted by atomic mass is 10.2. The van der Waals surface area contributed by atoms with Crippen molar-refractivity contribution in [1.82, 2.24) is 4.37 Å². The molecule has 0 aliphatic carbocycles. The number of carbonyl (C=O) groups is 2. The summed E-state index contributed by atoms with van der Waals surface area (Å²) in [7, 11) is 3.01. The van der Waals surface area contributed by atoms with Gasteiger partial charge in [0.15, 0.2) is 6.10 Å². The van der Waals surface area contributed by atoms with E-state index in [0.717, 1.165) is 17.6 Å². The predicted molar refractivity (Wildman–Crippen MR) is 99.6 cm³/mol. The van der Waals surface area contributed by atoms with Gasteiger partial charge in [-0.2, -0.15) is 4.37 Å². The number of non-ortho nitro benzene ring substituents is 1. The molecule has 0 bridgehead atoms. The van der Waals surface area contributed by atoms with Crippen LogP contribution in [0.15, 0.2) is 18.2 Å². The van der Waals surface area contributed by atoms with E-state index in [1.807, 2.05) is 0 Å². The fraction of sp³-hybridized carbons (Fsp3) is 0.312. The second kappa shape index (κ2) is 8.45. The first-order chi connectivity index (χ1) is 12.8. The lowest BCUT2D eigenvalue weighted by molar-refractivity contribution is -0.384. The summed E-state index contributed by atoms with van der Waals surface area (Å²) in [5.41, 5.74) is 0.635. The number of amides is 1. The Kier molecular flexibility index (Phi) is 6.29. The van der Waals surface area contributed by atoms with Gasteiger partial charge in [0.25, 0.3) is 11.6 Å². The second-order valence-corrected chi connectivity index (χ2v) is 6.17. The standard InChI is InChI=1S/C16H18N4O6S/c1-8-13(15(17-3)27-19-8)16(22)26-9(2)14(21)18-11-7-10(20(23)24)5-6-12(11)25-4/h5-7,9,17H,1-4H3,(H,18,21). The Bertz CT molecular complexity index is 882. The maximum absolute atomic E-state index is 12.4. The van der Waals surface area contributed by atoms with Crippen molar-refractivity contribution >= 4 is 39.8 Å². The molecule has 0 radical (unpaired) electrons. The molecule has 0 spiro atoms. The van der Waals surface area contributed by atoms with Crippen molar-refractivity contribution < 1.29 is 24.0 Å². The minimum Gasteiger partial charge on any atom is -0.495 e. The predicted octanol–water partition coefficient (Wildman–Crippen LogP) is 2.59. The van der Waals surface area contributed by atoms with Crippen molar-refractivity contribution in [2.24, 2.45) is 0 Å². The van der Waals surface area contributed by atoms with Gasteiger partial charge in [0.05, 0.1) is 23.4 Å². The molecule has 10 nitrogen and oxygen atoms in total. The molecule has 1 aromatic heterocycles. The minimum atomic E-state index is -1.15. The van der Waals surface area contributed by atoms with Crippen molar-refractivity contribution in [3.63, 3.8) is 0 Å². The van der Waals surface area contributed by atoms with Crippen LogP contribution in [-0.4, -0.2) is 41.4 Å². The second-order valence-electron chi connectivity index (χ2n) is 5.40. The normalized spacial score (nSPS) is 11.4. The third-order valence-electron chi connectivity index (χ3n) is 3.60. The van der Waals surface area contributed by atoms with Crippen molar-refractivity contribution in [2.75, 3.05) is 24.8 Å². The number of carbonyl (C=O) groups excluding carboxylic acids is 2. The highest BCUT2D eigenvalue weighted by molar-refractivity contribution is 7.10. The van der Waals surface area contributed by atoms with Gasteiger partial charge >= 0.3 is 5.97 Å². The van der Waals surface area contributed by atoms with Crippen molar-refractivity contribution in [3.05, 3.63) is 39.6 Å². The number of nitro groups is 1. The number of nitro benzene ring substituents is 1. The number of benzene rings is 1. The van der Waals surface area contributed by atoms with Crippen LogP contribution in [0.1, 0.15) is 23.0 Å². The van der Waals surface area contributed by atoms with Crippen molar-refractivity contribution in [3.8, 4) is 5.75 Å². The first-order valence-corrected chi connectivity index (χ1v) is 8.54. The number of ether oxygens (including phenoxy) is 2. The highest BCUT2D eigenvalue weighted by atomic mass is 32.1. The van der Waals surface area contributed by atoms with Crippen LogP contribution in [0.2, 0.25) is 0 Å². The van der Waals surface area contributed by atoms with Crippen LogP contribution in [0.3, 0.4) is 0 Å². The number of aryl methyl sites for hydroxylation is 1. The lowest BCUT2D eigenvalue weighted by Crippen LogP contribution is -2.30. The first kappa shape index (κ1) is 20.1. The monoisotopic (exact) mass is 394 g/mol. The van der Waals surface area contributed by atoms with Gasteiger partial charge in [-0.1, -0.05) is 0 Å². The Balaban J connectivity index is 2.14. The average Bonchev–Trinajstić information content (AvgIpc) is 3.02. The molecule has 2 N–H and O–H groups in total. The van der Waals surface area contributed by atoms with Gasteiger partial charge in [-0.25, -0.2) is 4.79 Å². The van der Waals surface area contributed by atoms with Gasteiger partial charge in [0.2, 0.25) is 0 Å². The summed E-state index contributed by atoms with van der Waals surface area (Å²) >= 11 is 1.11. The smallest absolute Gasteiger partial charge is 0.343 e. The number of methoxy groups -OCH3 is 1. The third kappa shape index (κ3) is 4.50. The average molecular weight is 394 g/mol. The number of hydrogen-bond acceptors (Lipinski definition) is 9. The van der Waals surface area contributed by atoms with Crippen LogP contribution < -0.4 is 15.4 Å². The maximum atomic E-state index is 12.4. The summed E-state index contributed by atoms with van der Waals surface area (Å²) in [4.78, 5) is 35.0. The zero-order chi connectivity index (χ0) is 20.1. The largest absolute Gasteiger partial charge is 0.495 e. The number of hydrogen-bond donors (Lipinski definition) is 2. The van der Waals surface area contributed by atoms with E-state index < -0.39 is 22.9 Å². The van der Waals surface area contributed by atoms with Gasteiger partial charge in [0, 0.05) is 19.2 Å². The summed E-state index contributed by atoms with van der Waals surface area (Å²) < 4.78 is 14.4. The summed E-state index contributed by atoms with van der Waals surface area (Å²) in [6.45, 7) is 3.05. The highest BCUT2D eigenvalue weighted by Crippen LogP contribution is 2.29. The quantitative estimate of drug-likeness (QED) is 0.416. The van der Waals surface area contributed by atoms with Crippen molar-refractivity contribution in [2.45, 2.75) is 20.0 Å². The molecule has 144 valence electrons. The number of anilines is 2. The molecule has 0 fully saturated rings. The molecular weight excluding hydrogens is 376 g/mol. The Morgan fingerprint density at radius 1 is 1.37 bits per heavy atom. The van der Waals surface area contributed by atoms with Crippen LogP contribution in [0, 0.1) is 17.0 Å². The minimum absolute atomic E-state index is 0.101. The van der Waals surface area contributed by atoms with Gasteiger partial charge in [-0.15, -0.1) is 0 Å². The summed E-state index contributed by atoms with van der Waals surface area (Å²) in [5, 5.41) is 16.8. The van der Waals surface area contributed by atoms with Crippen LogP contribution in [0.25, 0.3) is 0 Å². The van der Waals surface area contributed by atoms with Crippen molar-refractivity contribution in [1.29, 1.82) is 0 Å². The summed E-state index contributed by atoms with van der Waals surface area (Å²) in [6, 6.07) is 3.78. The molecule has 2 aromatic rings. The Morgan fingerprint density at radius 2 is 2.07 bits per heavy atom. The molecule has 1 unspecified atom stereocenters. The van der Waals surface area contributed by atoms with Gasteiger partial charge in [-0.05, 0) is 31.4 Å². The molecule has 1 heterocycles. The SMILES string of the molecule is CNc1snc(C)c1C(=O)OC(C)C(=O)Nc1cc([N+](=O)[O-])ccc1OC. The fourth-order valence-corrected chi connectivity index (χ4v) is 2.93. The maximum Gasteiger partial charge on any atom is 0.343 e. The number of nitrogens with one attached hydrogen (secondary N) is 2. The number of esters is 1. The Labute approximate surface area is 158 Å². The van der Waals surface area contributed by atoms with E-state index in [-0.39, 0.29) is 22.7 Å². The molecule has 0 aliphatic rings. The number of rotatable bonds is 7. The molecule has 0 saturated heterocycles. The van der Waals surface area contributed by atoms with Crippen LogP contribution >= 0.6 is 11.5 Å². The fourth-order valence-electron chi connectivity index (χ4n) is 2.20. The van der Waals surface area contributed by atoms with Crippen LogP contribution in [0.4, 0.5) is 16.4 Å². The van der Waals surface area contributed by atoms with Gasteiger partial charge in [0.1, 0.15) is 16.3 Å². The molecule has 0 saturated carbocycles. The molecule has 2 rings (SSSR count). The summed E-state index contributed by atoms with van der Waals surface area (Å²) in [6.07, 6.45) is -1.15. The molecule has 1 aromatic carbocycles. The third-order valence-corrected chi connectivity index (χ3v) is 4.55. The van der Waals surface area contributed by atoms with E-state index in [9.17, 15) is 19.7 Å². The van der Waals surface area contributed by atoms with Crippen LogP contribution in [-0.2, 0) is 9.53 Å². The molecule has 1 atom stereocenters. The first-order valence-electron chi connectivity index (χ1n) is 7.76. The van der Waals surface area contributed by atoms with E-state index >= 15 is 0 Å². The number of nitrogens with zero attached hydrogens (tertiary/aromatic N) is 2. The Morgan fingerprint density at radius 3 is 2.67 bits per heavy atom. The number of aromatic nitrogens is 1. The molecule has 11 heteroatoms. The zero-order valence-corrected chi connectivity index (χ0v) is 15.9. The van der Waals surface area contributed by atoms with E-state index in [1.54, 1.807) is 14.0 Å². The van der Waals surface area contributed by atoms with E-state index in [4.69, 9.17) is 9.47 Å². The van der Waals surface area contributed by atoms with E-state index in [2.05, 4.69) is 15.0 Å². The molecule has 0 aliphatic heterocycles. The highest BCUT2D eigenvalue weighted by Gasteiger charge is 2.25. The molecule has 1 amide bonds.